The maximum Gasteiger partial charge on any atom is 0.264 e. The van der Waals surface area contributed by atoms with E-state index in [1.165, 1.54) is 24.5 Å². The molecule has 1 fully saturated rings. The zero-order valence-corrected chi connectivity index (χ0v) is 17.7. The van der Waals surface area contributed by atoms with Crippen molar-refractivity contribution in [3.63, 3.8) is 0 Å². The van der Waals surface area contributed by atoms with Crippen molar-refractivity contribution in [2.24, 2.45) is 5.41 Å². The first kappa shape index (κ1) is 21.3. The summed E-state index contributed by atoms with van der Waals surface area (Å²) in [4.78, 5) is 25.2. The SMILES string of the molecule is Cc1ccc(S(=O)(=O)N2C=CNC(=O)[C@H]2CC(=O)N[C@H]2CCOCC2(C)C)cc1. The summed E-state index contributed by atoms with van der Waals surface area (Å²) in [6, 6.07) is 5.10. The Morgan fingerprint density at radius 2 is 2.00 bits per heavy atom. The molecule has 29 heavy (non-hydrogen) atoms. The van der Waals surface area contributed by atoms with Crippen LogP contribution in [0.4, 0.5) is 0 Å². The third-order valence-corrected chi connectivity index (χ3v) is 7.13. The van der Waals surface area contributed by atoms with Crippen LogP contribution in [0.25, 0.3) is 0 Å². The molecule has 0 unspecified atom stereocenters. The molecule has 9 heteroatoms. The minimum Gasteiger partial charge on any atom is -0.381 e. The summed E-state index contributed by atoms with van der Waals surface area (Å²) >= 11 is 0. The molecule has 2 heterocycles. The average molecular weight is 422 g/mol. The van der Waals surface area contributed by atoms with E-state index in [9.17, 15) is 18.0 Å². The van der Waals surface area contributed by atoms with E-state index in [-0.39, 0.29) is 28.7 Å². The number of sulfonamides is 1. The largest absolute Gasteiger partial charge is 0.381 e. The van der Waals surface area contributed by atoms with Crippen molar-refractivity contribution in [1.82, 2.24) is 14.9 Å². The van der Waals surface area contributed by atoms with Crippen molar-refractivity contribution in [3.8, 4) is 0 Å². The van der Waals surface area contributed by atoms with Gasteiger partial charge in [0.2, 0.25) is 11.8 Å². The van der Waals surface area contributed by atoms with Gasteiger partial charge in [0, 0.05) is 30.5 Å². The van der Waals surface area contributed by atoms with Crippen LogP contribution in [0.15, 0.2) is 41.6 Å². The number of rotatable bonds is 5. The summed E-state index contributed by atoms with van der Waals surface area (Å²) in [5, 5.41) is 5.45. The Morgan fingerprint density at radius 3 is 2.66 bits per heavy atom. The molecule has 0 aromatic heterocycles. The summed E-state index contributed by atoms with van der Waals surface area (Å²) < 4.78 is 32.6. The molecular weight excluding hydrogens is 394 g/mol. The Bertz CT molecular complexity index is 909. The number of carbonyl (C=O) groups excluding carboxylic acids is 2. The van der Waals surface area contributed by atoms with Crippen LogP contribution in [0.5, 0.6) is 0 Å². The Balaban J connectivity index is 1.79. The molecule has 0 saturated carbocycles. The lowest BCUT2D eigenvalue weighted by atomic mass is 9.82. The zero-order valence-electron chi connectivity index (χ0n) is 16.8. The van der Waals surface area contributed by atoms with Gasteiger partial charge in [0.1, 0.15) is 6.04 Å². The van der Waals surface area contributed by atoms with Crippen LogP contribution < -0.4 is 10.6 Å². The van der Waals surface area contributed by atoms with Crippen molar-refractivity contribution in [3.05, 3.63) is 42.2 Å². The van der Waals surface area contributed by atoms with Gasteiger partial charge < -0.3 is 15.4 Å². The number of ether oxygens (including phenoxy) is 1. The number of nitrogens with one attached hydrogen (secondary N) is 2. The quantitative estimate of drug-likeness (QED) is 0.745. The molecule has 3 rings (SSSR count). The molecule has 1 aromatic rings. The lowest BCUT2D eigenvalue weighted by molar-refractivity contribution is -0.131. The molecule has 0 radical (unpaired) electrons. The van der Waals surface area contributed by atoms with Crippen molar-refractivity contribution < 1.29 is 22.7 Å². The van der Waals surface area contributed by atoms with E-state index in [0.29, 0.717) is 19.6 Å². The van der Waals surface area contributed by atoms with Crippen molar-refractivity contribution in [2.45, 2.75) is 50.6 Å². The second-order valence-corrected chi connectivity index (χ2v) is 9.99. The van der Waals surface area contributed by atoms with Crippen LogP contribution in [0.1, 0.15) is 32.3 Å². The van der Waals surface area contributed by atoms with Gasteiger partial charge in [0.25, 0.3) is 10.0 Å². The fourth-order valence-corrected chi connectivity index (χ4v) is 4.94. The molecule has 2 aliphatic rings. The van der Waals surface area contributed by atoms with Crippen LogP contribution in [-0.2, 0) is 24.3 Å². The van der Waals surface area contributed by atoms with E-state index in [2.05, 4.69) is 10.6 Å². The molecule has 0 spiro atoms. The summed E-state index contributed by atoms with van der Waals surface area (Å²) in [6.45, 7) is 6.94. The normalized spacial score (nSPS) is 24.1. The number of hydrogen-bond donors (Lipinski definition) is 2. The Hall–Kier alpha value is -2.39. The topological polar surface area (TPSA) is 105 Å². The van der Waals surface area contributed by atoms with E-state index in [4.69, 9.17) is 4.74 Å². The second kappa shape index (κ2) is 8.16. The molecular formula is C20H27N3O5S. The second-order valence-electron chi connectivity index (χ2n) is 8.14. The van der Waals surface area contributed by atoms with Crippen LogP contribution in [-0.4, -0.2) is 49.8 Å². The summed E-state index contributed by atoms with van der Waals surface area (Å²) in [5.74, 6) is -0.908. The van der Waals surface area contributed by atoms with Crippen LogP contribution >= 0.6 is 0 Å². The highest BCUT2D eigenvalue weighted by Gasteiger charge is 2.39. The number of hydrogen-bond acceptors (Lipinski definition) is 5. The molecule has 2 atom stereocenters. The van der Waals surface area contributed by atoms with Crippen molar-refractivity contribution in [2.75, 3.05) is 13.2 Å². The standard InChI is InChI=1S/C20H27N3O5S/c1-14-4-6-15(7-5-14)29(26,27)23-10-9-21-19(25)16(23)12-18(24)22-17-8-11-28-13-20(17,2)3/h4-7,9-10,16-17H,8,11-13H2,1-3H3,(H,21,25)(H,22,24)/t16-,17+/m1/s1. The first-order chi connectivity index (χ1) is 13.6. The molecule has 2 N–H and O–H groups in total. The Kier molecular flexibility index (Phi) is 6.00. The van der Waals surface area contributed by atoms with E-state index >= 15 is 0 Å². The van der Waals surface area contributed by atoms with Crippen LogP contribution in [0.2, 0.25) is 0 Å². The smallest absolute Gasteiger partial charge is 0.264 e. The van der Waals surface area contributed by atoms with Gasteiger partial charge in [-0.1, -0.05) is 31.5 Å². The van der Waals surface area contributed by atoms with E-state index < -0.39 is 22.0 Å². The first-order valence-electron chi connectivity index (χ1n) is 9.56. The number of amides is 2. The number of aryl methyl sites for hydroxylation is 1. The van der Waals surface area contributed by atoms with Crippen molar-refractivity contribution >= 4 is 21.8 Å². The highest BCUT2D eigenvalue weighted by atomic mass is 32.2. The highest BCUT2D eigenvalue weighted by Crippen LogP contribution is 2.28. The van der Waals surface area contributed by atoms with Crippen LogP contribution in [0.3, 0.4) is 0 Å². The van der Waals surface area contributed by atoms with Crippen LogP contribution in [0, 0.1) is 12.3 Å². The summed E-state index contributed by atoms with van der Waals surface area (Å²) in [6.07, 6.45) is 2.95. The first-order valence-corrected chi connectivity index (χ1v) is 11.0. The molecule has 1 saturated heterocycles. The maximum absolute atomic E-state index is 13.1. The third-order valence-electron chi connectivity index (χ3n) is 5.34. The highest BCUT2D eigenvalue weighted by molar-refractivity contribution is 7.89. The zero-order chi connectivity index (χ0) is 21.2. The number of nitrogens with zero attached hydrogens (tertiary/aromatic N) is 1. The van der Waals surface area contributed by atoms with Gasteiger partial charge in [-0.15, -0.1) is 0 Å². The third kappa shape index (κ3) is 4.62. The number of benzene rings is 1. The molecule has 0 aliphatic carbocycles. The van der Waals surface area contributed by atoms with E-state index in [1.54, 1.807) is 12.1 Å². The minimum atomic E-state index is -3.98. The molecule has 0 bridgehead atoms. The van der Waals surface area contributed by atoms with E-state index in [0.717, 1.165) is 9.87 Å². The monoisotopic (exact) mass is 421 g/mol. The van der Waals surface area contributed by atoms with Gasteiger partial charge in [-0.25, -0.2) is 8.42 Å². The number of carbonyl (C=O) groups is 2. The Morgan fingerprint density at radius 1 is 1.31 bits per heavy atom. The predicted octanol–water partition coefficient (Wildman–Crippen LogP) is 1.28. The predicted molar refractivity (Wildman–Crippen MR) is 107 cm³/mol. The fraction of sp³-hybridized carbons (Fsp3) is 0.500. The fourth-order valence-electron chi connectivity index (χ4n) is 3.49. The van der Waals surface area contributed by atoms with Gasteiger partial charge in [-0.2, -0.15) is 0 Å². The average Bonchev–Trinajstić information content (AvgIpc) is 2.65. The lowest BCUT2D eigenvalue weighted by Crippen LogP contribution is -2.54. The summed E-state index contributed by atoms with van der Waals surface area (Å²) in [5.41, 5.74) is 0.682. The molecule has 8 nitrogen and oxygen atoms in total. The van der Waals surface area contributed by atoms with Gasteiger partial charge in [-0.05, 0) is 25.5 Å². The minimum absolute atomic E-state index is 0.0680. The molecule has 2 amide bonds. The lowest BCUT2D eigenvalue weighted by Gasteiger charge is -2.39. The Labute approximate surface area is 171 Å². The summed E-state index contributed by atoms with van der Waals surface area (Å²) in [7, 11) is -3.98. The molecule has 2 aliphatic heterocycles. The van der Waals surface area contributed by atoms with Gasteiger partial charge in [0.15, 0.2) is 0 Å². The maximum atomic E-state index is 13.1. The molecule has 158 valence electrons. The molecule has 1 aromatic carbocycles. The van der Waals surface area contributed by atoms with Gasteiger partial charge in [0.05, 0.1) is 17.9 Å². The van der Waals surface area contributed by atoms with E-state index in [1.807, 2.05) is 20.8 Å². The van der Waals surface area contributed by atoms with Crippen molar-refractivity contribution in [1.29, 1.82) is 0 Å². The van der Waals surface area contributed by atoms with Gasteiger partial charge >= 0.3 is 0 Å². The van der Waals surface area contributed by atoms with Gasteiger partial charge in [-0.3, -0.25) is 13.9 Å².